The highest BCUT2D eigenvalue weighted by molar-refractivity contribution is 7.89. The van der Waals surface area contributed by atoms with E-state index < -0.39 is 10.0 Å². The SMILES string of the molecule is Cc1[nH]nc(CNC2CC2)c1S(=O)(=O)NCc1nccs1. The molecule has 1 aliphatic rings. The lowest BCUT2D eigenvalue weighted by Crippen LogP contribution is -2.26. The maximum atomic E-state index is 12.5. The summed E-state index contributed by atoms with van der Waals surface area (Å²) in [6, 6.07) is 0.501. The van der Waals surface area contributed by atoms with Gasteiger partial charge in [0.25, 0.3) is 0 Å². The van der Waals surface area contributed by atoms with Gasteiger partial charge in [0.05, 0.1) is 17.9 Å². The average Bonchev–Trinajstić information content (AvgIpc) is 2.97. The molecule has 0 unspecified atom stereocenters. The zero-order chi connectivity index (χ0) is 14.9. The Bertz CT molecular complexity index is 704. The highest BCUT2D eigenvalue weighted by Gasteiger charge is 2.26. The Labute approximate surface area is 127 Å². The molecule has 1 aliphatic carbocycles. The van der Waals surface area contributed by atoms with E-state index in [4.69, 9.17) is 0 Å². The molecule has 0 spiro atoms. The molecule has 0 bridgehead atoms. The summed E-state index contributed by atoms with van der Waals surface area (Å²) in [6.45, 7) is 2.37. The normalized spacial score (nSPS) is 15.5. The van der Waals surface area contributed by atoms with Gasteiger partial charge < -0.3 is 5.32 Å². The number of sulfonamides is 1. The molecule has 0 atom stereocenters. The van der Waals surface area contributed by atoms with Crippen molar-refractivity contribution in [1.82, 2.24) is 25.2 Å². The van der Waals surface area contributed by atoms with Crippen LogP contribution >= 0.6 is 11.3 Å². The Morgan fingerprint density at radius 2 is 2.24 bits per heavy atom. The summed E-state index contributed by atoms with van der Waals surface area (Å²) in [7, 11) is -3.60. The van der Waals surface area contributed by atoms with Crippen molar-refractivity contribution in [1.29, 1.82) is 0 Å². The zero-order valence-corrected chi connectivity index (χ0v) is 13.2. The molecule has 9 heteroatoms. The van der Waals surface area contributed by atoms with Crippen LogP contribution in [0.2, 0.25) is 0 Å². The zero-order valence-electron chi connectivity index (χ0n) is 11.6. The molecule has 0 aromatic carbocycles. The molecule has 0 aliphatic heterocycles. The van der Waals surface area contributed by atoms with E-state index in [2.05, 4.69) is 25.2 Å². The maximum Gasteiger partial charge on any atom is 0.244 e. The fourth-order valence-corrected chi connectivity index (χ4v) is 4.04. The molecular weight excluding hydrogens is 310 g/mol. The Balaban J connectivity index is 1.75. The van der Waals surface area contributed by atoms with Crippen molar-refractivity contribution in [3.05, 3.63) is 28.0 Å². The average molecular weight is 327 g/mol. The highest BCUT2D eigenvalue weighted by Crippen LogP contribution is 2.22. The van der Waals surface area contributed by atoms with E-state index in [0.717, 1.165) is 17.8 Å². The first kappa shape index (κ1) is 14.6. The van der Waals surface area contributed by atoms with Gasteiger partial charge in [-0.15, -0.1) is 11.3 Å². The predicted octanol–water partition coefficient (Wildman–Crippen LogP) is 0.905. The lowest BCUT2D eigenvalue weighted by atomic mass is 10.3. The third kappa shape index (κ3) is 3.49. The fourth-order valence-electron chi connectivity index (χ4n) is 2.04. The molecule has 0 radical (unpaired) electrons. The van der Waals surface area contributed by atoms with Crippen LogP contribution in [0, 0.1) is 6.92 Å². The molecule has 2 aromatic heterocycles. The maximum absolute atomic E-state index is 12.5. The van der Waals surface area contributed by atoms with Crippen LogP contribution in [-0.4, -0.2) is 29.6 Å². The topological polar surface area (TPSA) is 99.8 Å². The minimum absolute atomic E-state index is 0.195. The number of aryl methyl sites for hydroxylation is 1. The van der Waals surface area contributed by atoms with Crippen LogP contribution in [0.4, 0.5) is 0 Å². The lowest BCUT2D eigenvalue weighted by Gasteiger charge is -2.07. The molecule has 3 N–H and O–H groups in total. The quantitative estimate of drug-likeness (QED) is 0.702. The van der Waals surface area contributed by atoms with Gasteiger partial charge in [0.1, 0.15) is 9.90 Å². The largest absolute Gasteiger partial charge is 0.308 e. The minimum Gasteiger partial charge on any atom is -0.308 e. The third-order valence-electron chi connectivity index (χ3n) is 3.26. The molecule has 0 amide bonds. The smallest absolute Gasteiger partial charge is 0.244 e. The standard InChI is InChI=1S/C12H17N5O2S2/c1-8-12(10(17-16-8)6-14-9-2-3-9)21(18,19)15-7-11-13-4-5-20-11/h4-5,9,14-15H,2-3,6-7H2,1H3,(H,16,17). The van der Waals surface area contributed by atoms with Crippen molar-refractivity contribution in [2.24, 2.45) is 0 Å². The number of aromatic amines is 1. The Kier molecular flexibility index (Phi) is 4.07. The van der Waals surface area contributed by atoms with Gasteiger partial charge in [-0.1, -0.05) is 0 Å². The molecule has 2 heterocycles. The van der Waals surface area contributed by atoms with Crippen LogP contribution in [0.15, 0.2) is 16.5 Å². The second-order valence-corrected chi connectivity index (χ2v) is 7.71. The van der Waals surface area contributed by atoms with E-state index in [0.29, 0.717) is 24.0 Å². The fraction of sp³-hybridized carbons (Fsp3) is 0.500. The highest BCUT2D eigenvalue weighted by atomic mass is 32.2. The summed E-state index contributed by atoms with van der Waals surface area (Å²) in [4.78, 5) is 4.31. The first-order valence-corrected chi connectivity index (χ1v) is 9.08. The van der Waals surface area contributed by atoms with Crippen molar-refractivity contribution in [2.45, 2.75) is 43.8 Å². The van der Waals surface area contributed by atoms with Crippen LogP contribution in [0.1, 0.15) is 29.2 Å². The summed E-state index contributed by atoms with van der Waals surface area (Å²) >= 11 is 1.42. The molecule has 2 aromatic rings. The minimum atomic E-state index is -3.60. The number of nitrogens with zero attached hydrogens (tertiary/aromatic N) is 2. The Hall–Kier alpha value is -1.29. The Morgan fingerprint density at radius 1 is 1.43 bits per heavy atom. The second kappa shape index (κ2) is 5.84. The van der Waals surface area contributed by atoms with Gasteiger partial charge in [-0.25, -0.2) is 18.1 Å². The lowest BCUT2D eigenvalue weighted by molar-refractivity contribution is 0.577. The second-order valence-electron chi connectivity index (χ2n) is 5.03. The molecule has 21 heavy (non-hydrogen) atoms. The van der Waals surface area contributed by atoms with Gasteiger partial charge in [0, 0.05) is 24.2 Å². The van der Waals surface area contributed by atoms with Crippen LogP contribution in [0.5, 0.6) is 0 Å². The third-order valence-corrected chi connectivity index (χ3v) is 5.65. The van der Waals surface area contributed by atoms with E-state index in [1.54, 1.807) is 13.1 Å². The first-order chi connectivity index (χ1) is 10.1. The van der Waals surface area contributed by atoms with E-state index in [1.807, 2.05) is 5.38 Å². The van der Waals surface area contributed by atoms with E-state index in [9.17, 15) is 8.42 Å². The van der Waals surface area contributed by atoms with Crippen molar-refractivity contribution in [3.8, 4) is 0 Å². The number of thiazole rings is 1. The van der Waals surface area contributed by atoms with Crippen molar-refractivity contribution in [2.75, 3.05) is 0 Å². The summed E-state index contributed by atoms with van der Waals surface area (Å²) in [5.41, 5.74) is 1.08. The number of hydrogen-bond donors (Lipinski definition) is 3. The molecule has 3 rings (SSSR count). The van der Waals surface area contributed by atoms with Crippen molar-refractivity contribution < 1.29 is 8.42 Å². The molecule has 1 fully saturated rings. The van der Waals surface area contributed by atoms with Gasteiger partial charge in [0.15, 0.2) is 0 Å². The van der Waals surface area contributed by atoms with Crippen LogP contribution in [0.25, 0.3) is 0 Å². The summed E-state index contributed by atoms with van der Waals surface area (Å²) in [5.74, 6) is 0. The molecule has 0 saturated heterocycles. The number of H-pyrrole nitrogens is 1. The van der Waals surface area contributed by atoms with E-state index >= 15 is 0 Å². The molecule has 7 nitrogen and oxygen atoms in total. The summed E-state index contributed by atoms with van der Waals surface area (Å²) in [6.07, 6.45) is 3.95. The van der Waals surface area contributed by atoms with Crippen LogP contribution < -0.4 is 10.0 Å². The van der Waals surface area contributed by atoms with Crippen molar-refractivity contribution >= 4 is 21.4 Å². The van der Waals surface area contributed by atoms with Gasteiger partial charge in [-0.05, 0) is 19.8 Å². The van der Waals surface area contributed by atoms with Gasteiger partial charge in [-0.3, -0.25) is 5.10 Å². The molecule has 1 saturated carbocycles. The molecule has 114 valence electrons. The Morgan fingerprint density at radius 3 is 2.90 bits per heavy atom. The number of nitrogens with one attached hydrogen (secondary N) is 3. The summed E-state index contributed by atoms with van der Waals surface area (Å²) in [5, 5.41) is 12.7. The van der Waals surface area contributed by atoms with Crippen LogP contribution in [0.3, 0.4) is 0 Å². The van der Waals surface area contributed by atoms with Crippen molar-refractivity contribution in [3.63, 3.8) is 0 Å². The van der Waals surface area contributed by atoms with E-state index in [1.165, 1.54) is 11.3 Å². The molecular formula is C12H17N5O2S2. The number of hydrogen-bond acceptors (Lipinski definition) is 6. The monoisotopic (exact) mass is 327 g/mol. The van der Waals surface area contributed by atoms with Crippen LogP contribution in [-0.2, 0) is 23.1 Å². The van der Waals surface area contributed by atoms with E-state index in [-0.39, 0.29) is 11.4 Å². The summed E-state index contributed by atoms with van der Waals surface area (Å²) < 4.78 is 27.5. The number of rotatable bonds is 7. The van der Waals surface area contributed by atoms with Gasteiger partial charge in [-0.2, -0.15) is 5.10 Å². The predicted molar refractivity (Wildman–Crippen MR) is 79.3 cm³/mol. The number of aromatic nitrogens is 3. The first-order valence-electron chi connectivity index (χ1n) is 6.71. The van der Waals surface area contributed by atoms with Gasteiger partial charge >= 0.3 is 0 Å². The van der Waals surface area contributed by atoms with Gasteiger partial charge in [0.2, 0.25) is 10.0 Å².